The van der Waals surface area contributed by atoms with Crippen LogP contribution in [0.4, 0.5) is 5.69 Å². The van der Waals surface area contributed by atoms with Gasteiger partial charge in [0.1, 0.15) is 4.88 Å². The minimum absolute atomic E-state index is 0.220. The molecule has 0 unspecified atom stereocenters. The zero-order valence-electron chi connectivity index (χ0n) is 15.2. The maximum absolute atomic E-state index is 12.9. The quantitative estimate of drug-likeness (QED) is 0.862. The molecule has 0 spiro atoms. The third-order valence-electron chi connectivity index (χ3n) is 4.52. The molecule has 1 aliphatic rings. The molecule has 1 aliphatic heterocycles. The number of carbonyl (C=O) groups excluding carboxylic acids is 1. The number of nitrogens with zero attached hydrogens (tertiary/aromatic N) is 2. The van der Waals surface area contributed by atoms with Gasteiger partial charge in [-0.25, -0.2) is 13.4 Å². The number of benzene rings is 1. The highest BCUT2D eigenvalue weighted by molar-refractivity contribution is 7.89. The molecule has 1 aromatic carbocycles. The first-order valence-electron chi connectivity index (χ1n) is 8.65. The summed E-state index contributed by atoms with van der Waals surface area (Å²) in [5.74, 6) is -0.260. The van der Waals surface area contributed by atoms with E-state index in [2.05, 4.69) is 10.3 Å². The molecular weight excluding hydrogens is 370 g/mol. The molecule has 0 aliphatic carbocycles. The molecule has 1 saturated heterocycles. The molecule has 6 nitrogen and oxygen atoms in total. The van der Waals surface area contributed by atoms with Crippen molar-refractivity contribution in [1.29, 1.82) is 0 Å². The normalized spacial score (nSPS) is 15.8. The zero-order valence-corrected chi connectivity index (χ0v) is 16.8. The van der Waals surface area contributed by atoms with Crippen molar-refractivity contribution in [2.24, 2.45) is 0 Å². The number of hydrogen-bond donors (Lipinski definition) is 1. The van der Waals surface area contributed by atoms with Gasteiger partial charge in [-0.15, -0.1) is 11.3 Å². The predicted molar refractivity (Wildman–Crippen MR) is 103 cm³/mol. The molecule has 0 saturated carbocycles. The summed E-state index contributed by atoms with van der Waals surface area (Å²) in [4.78, 5) is 17.6. The van der Waals surface area contributed by atoms with Crippen molar-refractivity contribution in [3.8, 4) is 0 Å². The Morgan fingerprint density at radius 2 is 1.85 bits per heavy atom. The van der Waals surface area contributed by atoms with Crippen LogP contribution in [0.25, 0.3) is 0 Å². The van der Waals surface area contributed by atoms with Gasteiger partial charge in [-0.1, -0.05) is 12.5 Å². The average Bonchev–Trinajstić information content (AvgIpc) is 2.96. The molecule has 2 aromatic rings. The zero-order chi connectivity index (χ0) is 18.9. The van der Waals surface area contributed by atoms with Gasteiger partial charge < -0.3 is 5.32 Å². The van der Waals surface area contributed by atoms with Crippen LogP contribution in [-0.2, 0) is 10.0 Å². The first-order valence-corrected chi connectivity index (χ1v) is 10.9. The molecule has 0 bridgehead atoms. The summed E-state index contributed by atoms with van der Waals surface area (Å²) in [6.45, 7) is 6.60. The summed E-state index contributed by atoms with van der Waals surface area (Å²) >= 11 is 1.33. The molecule has 0 atom stereocenters. The van der Waals surface area contributed by atoms with E-state index < -0.39 is 10.0 Å². The number of carbonyl (C=O) groups is 1. The van der Waals surface area contributed by atoms with Crippen LogP contribution in [0, 0.1) is 20.8 Å². The van der Waals surface area contributed by atoms with E-state index >= 15 is 0 Å². The molecule has 2 heterocycles. The lowest BCUT2D eigenvalue weighted by molar-refractivity contribution is 0.102. The molecule has 1 fully saturated rings. The van der Waals surface area contributed by atoms with Crippen molar-refractivity contribution >= 4 is 33.0 Å². The van der Waals surface area contributed by atoms with Crippen molar-refractivity contribution in [3.63, 3.8) is 0 Å². The van der Waals surface area contributed by atoms with E-state index in [1.54, 1.807) is 25.1 Å². The summed E-state index contributed by atoms with van der Waals surface area (Å²) in [6, 6.07) is 4.90. The highest BCUT2D eigenvalue weighted by Gasteiger charge is 2.26. The first-order chi connectivity index (χ1) is 12.3. The molecule has 1 amide bonds. The van der Waals surface area contributed by atoms with Gasteiger partial charge in [0.15, 0.2) is 0 Å². The smallest absolute Gasteiger partial charge is 0.267 e. The third-order valence-corrected chi connectivity index (χ3v) is 7.49. The van der Waals surface area contributed by atoms with E-state index in [0.29, 0.717) is 29.3 Å². The fourth-order valence-electron chi connectivity index (χ4n) is 3.07. The fraction of sp³-hybridized carbons (Fsp3) is 0.444. The maximum Gasteiger partial charge on any atom is 0.267 e. The lowest BCUT2D eigenvalue weighted by Crippen LogP contribution is -2.35. The maximum atomic E-state index is 12.9. The van der Waals surface area contributed by atoms with E-state index in [1.807, 2.05) is 13.8 Å². The van der Waals surface area contributed by atoms with Gasteiger partial charge >= 0.3 is 0 Å². The van der Waals surface area contributed by atoms with Gasteiger partial charge in [0, 0.05) is 18.8 Å². The topological polar surface area (TPSA) is 79.4 Å². The van der Waals surface area contributed by atoms with Gasteiger partial charge in [-0.2, -0.15) is 4.31 Å². The van der Waals surface area contributed by atoms with Crippen LogP contribution in [0.2, 0.25) is 0 Å². The number of thiazole rings is 1. The minimum atomic E-state index is -3.53. The number of piperidine rings is 1. The Morgan fingerprint density at radius 3 is 2.46 bits per heavy atom. The molecule has 1 aromatic heterocycles. The Labute approximate surface area is 158 Å². The number of sulfonamides is 1. The Morgan fingerprint density at radius 1 is 1.15 bits per heavy atom. The number of rotatable bonds is 4. The summed E-state index contributed by atoms with van der Waals surface area (Å²) in [5, 5.41) is 3.67. The van der Waals surface area contributed by atoms with E-state index in [1.165, 1.54) is 15.6 Å². The predicted octanol–water partition coefficient (Wildman–Crippen LogP) is 3.50. The SMILES string of the molecule is Cc1nc(C)c(C(=O)Nc2cc(S(=O)(=O)N3CCCCC3)ccc2C)s1. The fourth-order valence-corrected chi connectivity index (χ4v) is 5.43. The van der Waals surface area contributed by atoms with Crippen molar-refractivity contribution in [2.45, 2.75) is 44.9 Å². The van der Waals surface area contributed by atoms with E-state index in [-0.39, 0.29) is 10.8 Å². The minimum Gasteiger partial charge on any atom is -0.321 e. The van der Waals surface area contributed by atoms with Crippen LogP contribution in [0.15, 0.2) is 23.1 Å². The Bertz CT molecular complexity index is 929. The Kier molecular flexibility index (Phi) is 5.45. The van der Waals surface area contributed by atoms with E-state index in [0.717, 1.165) is 29.8 Å². The molecule has 8 heteroatoms. The number of amides is 1. The number of nitrogens with one attached hydrogen (secondary N) is 1. The van der Waals surface area contributed by atoms with Gasteiger partial charge in [-0.3, -0.25) is 4.79 Å². The summed E-state index contributed by atoms with van der Waals surface area (Å²) in [6.07, 6.45) is 2.84. The Balaban J connectivity index is 1.88. The van der Waals surface area contributed by atoms with Crippen molar-refractivity contribution in [3.05, 3.63) is 39.3 Å². The monoisotopic (exact) mass is 393 g/mol. The highest BCUT2D eigenvalue weighted by Crippen LogP contribution is 2.26. The standard InChI is InChI=1S/C18H23N3O3S2/c1-12-7-8-15(26(23,24)21-9-5-4-6-10-21)11-16(12)20-18(22)17-13(2)19-14(3)25-17/h7-8,11H,4-6,9-10H2,1-3H3,(H,20,22). The molecule has 26 heavy (non-hydrogen) atoms. The van der Waals surface area contributed by atoms with Crippen molar-refractivity contribution in [2.75, 3.05) is 18.4 Å². The molecular formula is C18H23N3O3S2. The summed E-state index contributed by atoms with van der Waals surface area (Å²) in [5.41, 5.74) is 2.01. The number of anilines is 1. The largest absolute Gasteiger partial charge is 0.321 e. The second-order valence-corrected chi connectivity index (χ2v) is 9.68. The van der Waals surface area contributed by atoms with Crippen LogP contribution in [-0.4, -0.2) is 36.7 Å². The first kappa shape index (κ1) is 19.0. The summed E-state index contributed by atoms with van der Waals surface area (Å²) < 4.78 is 27.3. The van der Waals surface area contributed by atoms with Crippen LogP contribution in [0.3, 0.4) is 0 Å². The summed E-state index contributed by atoms with van der Waals surface area (Å²) in [7, 11) is -3.53. The lowest BCUT2D eigenvalue weighted by atomic mass is 10.2. The van der Waals surface area contributed by atoms with Gasteiger partial charge in [0.05, 0.1) is 15.6 Å². The van der Waals surface area contributed by atoms with Crippen molar-refractivity contribution < 1.29 is 13.2 Å². The second kappa shape index (κ2) is 7.46. The van der Waals surface area contributed by atoms with Crippen molar-refractivity contribution in [1.82, 2.24) is 9.29 Å². The number of aromatic nitrogens is 1. The van der Waals surface area contributed by atoms with E-state index in [9.17, 15) is 13.2 Å². The van der Waals surface area contributed by atoms with E-state index in [4.69, 9.17) is 0 Å². The van der Waals surface area contributed by atoms with Gasteiger partial charge in [-0.05, 0) is 51.3 Å². The molecule has 1 N–H and O–H groups in total. The lowest BCUT2D eigenvalue weighted by Gasteiger charge is -2.26. The van der Waals surface area contributed by atoms with Crippen LogP contribution >= 0.6 is 11.3 Å². The Hall–Kier alpha value is -1.77. The van der Waals surface area contributed by atoms with Crippen LogP contribution < -0.4 is 5.32 Å². The van der Waals surface area contributed by atoms with Crippen LogP contribution in [0.5, 0.6) is 0 Å². The molecule has 0 radical (unpaired) electrons. The van der Waals surface area contributed by atoms with Gasteiger partial charge in [0.25, 0.3) is 5.91 Å². The van der Waals surface area contributed by atoms with Crippen LogP contribution in [0.1, 0.15) is 45.2 Å². The second-order valence-electron chi connectivity index (χ2n) is 6.54. The van der Waals surface area contributed by atoms with Gasteiger partial charge in [0.2, 0.25) is 10.0 Å². The number of hydrogen-bond acceptors (Lipinski definition) is 5. The molecule has 140 valence electrons. The number of aryl methyl sites for hydroxylation is 3. The highest BCUT2D eigenvalue weighted by atomic mass is 32.2. The molecule has 3 rings (SSSR count). The third kappa shape index (κ3) is 3.82. The average molecular weight is 394 g/mol.